The van der Waals surface area contributed by atoms with Crippen molar-refractivity contribution in [3.05, 3.63) is 28.7 Å². The molecular formula is C15H22BrN3O. The van der Waals surface area contributed by atoms with Crippen molar-refractivity contribution in [1.29, 1.82) is 0 Å². The van der Waals surface area contributed by atoms with Gasteiger partial charge < -0.3 is 16.0 Å². The molecule has 1 aliphatic heterocycles. The van der Waals surface area contributed by atoms with Gasteiger partial charge in [0, 0.05) is 29.8 Å². The molecule has 0 radical (unpaired) electrons. The Bertz CT molecular complexity index is 484. The van der Waals surface area contributed by atoms with Gasteiger partial charge in [-0.2, -0.15) is 0 Å². The molecule has 1 atom stereocenters. The summed E-state index contributed by atoms with van der Waals surface area (Å²) in [5.74, 6) is 0.402. The van der Waals surface area contributed by atoms with Gasteiger partial charge in [0.25, 0.3) is 0 Å². The maximum Gasteiger partial charge on any atom is 0.239 e. The molecule has 1 aromatic rings. The third kappa shape index (κ3) is 3.96. The number of carbonyl (C=O) groups is 1. The molecule has 3 N–H and O–H groups in total. The van der Waals surface area contributed by atoms with Crippen LogP contribution in [0.15, 0.2) is 28.7 Å². The maximum absolute atomic E-state index is 11.8. The summed E-state index contributed by atoms with van der Waals surface area (Å²) in [5, 5.41) is 2.95. The van der Waals surface area contributed by atoms with Gasteiger partial charge in [0.2, 0.25) is 5.91 Å². The standard InChI is InChI=1S/C15H22BrN3O/c1-15(2,17)14(20)18-9-11-6-7-19(10-11)13-5-3-4-12(16)8-13/h3-5,8,11H,6-7,9-10,17H2,1-2H3,(H,18,20). The zero-order valence-electron chi connectivity index (χ0n) is 12.0. The van der Waals surface area contributed by atoms with E-state index in [1.54, 1.807) is 13.8 Å². The Morgan fingerprint density at radius 1 is 1.55 bits per heavy atom. The number of nitrogens with one attached hydrogen (secondary N) is 1. The van der Waals surface area contributed by atoms with E-state index in [2.05, 4.69) is 38.3 Å². The summed E-state index contributed by atoms with van der Waals surface area (Å²) in [7, 11) is 0. The quantitative estimate of drug-likeness (QED) is 0.883. The normalized spacial score (nSPS) is 19.2. The molecule has 0 saturated carbocycles. The van der Waals surface area contributed by atoms with E-state index in [1.807, 2.05) is 12.1 Å². The van der Waals surface area contributed by atoms with Crippen molar-refractivity contribution >= 4 is 27.5 Å². The predicted octanol–water partition coefficient (Wildman–Crippen LogP) is 2.13. The minimum Gasteiger partial charge on any atom is -0.371 e. The van der Waals surface area contributed by atoms with Crippen LogP contribution < -0.4 is 16.0 Å². The van der Waals surface area contributed by atoms with Crippen molar-refractivity contribution in [2.75, 3.05) is 24.5 Å². The van der Waals surface area contributed by atoms with Gasteiger partial charge in [-0.1, -0.05) is 22.0 Å². The van der Waals surface area contributed by atoms with Crippen LogP contribution in [-0.2, 0) is 4.79 Å². The van der Waals surface area contributed by atoms with E-state index in [4.69, 9.17) is 5.73 Å². The van der Waals surface area contributed by atoms with Crippen molar-refractivity contribution in [3.8, 4) is 0 Å². The first-order chi connectivity index (χ1) is 9.36. The summed E-state index contributed by atoms with van der Waals surface area (Å²) < 4.78 is 1.09. The number of carbonyl (C=O) groups excluding carboxylic acids is 1. The van der Waals surface area contributed by atoms with Gasteiger partial charge >= 0.3 is 0 Å². The number of hydrogen-bond donors (Lipinski definition) is 2. The zero-order chi connectivity index (χ0) is 14.8. The van der Waals surface area contributed by atoms with E-state index < -0.39 is 5.54 Å². The van der Waals surface area contributed by atoms with Crippen LogP contribution >= 0.6 is 15.9 Å². The van der Waals surface area contributed by atoms with Crippen molar-refractivity contribution in [2.45, 2.75) is 25.8 Å². The summed E-state index contributed by atoms with van der Waals surface area (Å²) in [6.07, 6.45) is 1.10. The third-order valence-electron chi connectivity index (χ3n) is 3.60. The molecule has 0 aromatic heterocycles. The Kier molecular flexibility index (Phi) is 4.70. The number of amides is 1. The van der Waals surface area contributed by atoms with Crippen LogP contribution in [0.25, 0.3) is 0 Å². The minimum absolute atomic E-state index is 0.0848. The number of nitrogens with zero attached hydrogens (tertiary/aromatic N) is 1. The third-order valence-corrected chi connectivity index (χ3v) is 4.09. The lowest BCUT2D eigenvalue weighted by atomic mass is 10.1. The highest BCUT2D eigenvalue weighted by atomic mass is 79.9. The second kappa shape index (κ2) is 6.14. The number of halogens is 1. The Labute approximate surface area is 128 Å². The molecule has 110 valence electrons. The lowest BCUT2D eigenvalue weighted by molar-refractivity contribution is -0.125. The fourth-order valence-electron chi connectivity index (χ4n) is 2.37. The van der Waals surface area contributed by atoms with E-state index in [0.29, 0.717) is 12.5 Å². The Morgan fingerprint density at radius 3 is 2.95 bits per heavy atom. The number of anilines is 1. The van der Waals surface area contributed by atoms with Crippen LogP contribution in [0.1, 0.15) is 20.3 Å². The smallest absolute Gasteiger partial charge is 0.239 e. The topological polar surface area (TPSA) is 58.4 Å². The zero-order valence-corrected chi connectivity index (χ0v) is 13.6. The van der Waals surface area contributed by atoms with E-state index in [-0.39, 0.29) is 5.91 Å². The average Bonchev–Trinajstić information content (AvgIpc) is 2.83. The summed E-state index contributed by atoms with van der Waals surface area (Å²) in [6, 6.07) is 8.32. The van der Waals surface area contributed by atoms with Gasteiger partial charge in [0.05, 0.1) is 5.54 Å². The average molecular weight is 340 g/mol. The van der Waals surface area contributed by atoms with Gasteiger partial charge in [0.15, 0.2) is 0 Å². The lowest BCUT2D eigenvalue weighted by Gasteiger charge is -2.21. The summed E-state index contributed by atoms with van der Waals surface area (Å²) in [4.78, 5) is 14.1. The monoisotopic (exact) mass is 339 g/mol. The van der Waals surface area contributed by atoms with E-state index >= 15 is 0 Å². The number of benzene rings is 1. The Morgan fingerprint density at radius 2 is 2.30 bits per heavy atom. The second-order valence-electron chi connectivity index (χ2n) is 6.01. The van der Waals surface area contributed by atoms with E-state index in [1.165, 1.54) is 5.69 Å². The highest BCUT2D eigenvalue weighted by Gasteiger charge is 2.26. The largest absolute Gasteiger partial charge is 0.371 e. The molecule has 0 bridgehead atoms. The van der Waals surface area contributed by atoms with Crippen molar-refractivity contribution in [1.82, 2.24) is 5.32 Å². The van der Waals surface area contributed by atoms with E-state index in [0.717, 1.165) is 24.0 Å². The number of rotatable bonds is 4. The first-order valence-corrected chi connectivity index (χ1v) is 7.73. The van der Waals surface area contributed by atoms with Gasteiger partial charge in [-0.05, 0) is 44.4 Å². The van der Waals surface area contributed by atoms with Crippen LogP contribution in [0.4, 0.5) is 5.69 Å². The predicted molar refractivity (Wildman–Crippen MR) is 85.7 cm³/mol. The van der Waals surface area contributed by atoms with E-state index in [9.17, 15) is 4.79 Å². The molecule has 1 aliphatic rings. The molecule has 20 heavy (non-hydrogen) atoms. The molecule has 2 rings (SSSR count). The first kappa shape index (κ1) is 15.3. The molecule has 1 fully saturated rings. The first-order valence-electron chi connectivity index (χ1n) is 6.94. The molecule has 1 aromatic carbocycles. The Balaban J connectivity index is 1.85. The highest BCUT2D eigenvalue weighted by molar-refractivity contribution is 9.10. The van der Waals surface area contributed by atoms with Crippen LogP contribution in [0.5, 0.6) is 0 Å². The van der Waals surface area contributed by atoms with Crippen molar-refractivity contribution in [2.24, 2.45) is 11.7 Å². The molecule has 0 aliphatic carbocycles. The fourth-order valence-corrected chi connectivity index (χ4v) is 2.76. The summed E-state index contributed by atoms with van der Waals surface area (Å²) in [6.45, 7) is 6.16. The Hall–Kier alpha value is -1.07. The second-order valence-corrected chi connectivity index (χ2v) is 6.93. The van der Waals surface area contributed by atoms with Crippen LogP contribution in [0.3, 0.4) is 0 Å². The summed E-state index contributed by atoms with van der Waals surface area (Å²) >= 11 is 3.50. The molecule has 4 nitrogen and oxygen atoms in total. The van der Waals surface area contributed by atoms with Crippen LogP contribution in [0, 0.1) is 5.92 Å². The fraction of sp³-hybridized carbons (Fsp3) is 0.533. The van der Waals surface area contributed by atoms with Gasteiger partial charge in [-0.25, -0.2) is 0 Å². The molecule has 1 heterocycles. The molecular weight excluding hydrogens is 318 g/mol. The molecule has 1 amide bonds. The maximum atomic E-state index is 11.8. The van der Waals surface area contributed by atoms with Gasteiger partial charge in [0.1, 0.15) is 0 Å². The number of hydrogen-bond acceptors (Lipinski definition) is 3. The highest BCUT2D eigenvalue weighted by Crippen LogP contribution is 2.25. The molecule has 0 spiro atoms. The van der Waals surface area contributed by atoms with Gasteiger partial charge in [-0.15, -0.1) is 0 Å². The summed E-state index contributed by atoms with van der Waals surface area (Å²) in [5.41, 5.74) is 6.20. The van der Waals surface area contributed by atoms with Crippen molar-refractivity contribution < 1.29 is 4.79 Å². The van der Waals surface area contributed by atoms with Gasteiger partial charge in [-0.3, -0.25) is 4.79 Å². The molecule has 1 saturated heterocycles. The van der Waals surface area contributed by atoms with Crippen LogP contribution in [0.2, 0.25) is 0 Å². The molecule has 1 unspecified atom stereocenters. The molecule has 5 heteroatoms. The van der Waals surface area contributed by atoms with Crippen molar-refractivity contribution in [3.63, 3.8) is 0 Å². The van der Waals surface area contributed by atoms with Crippen LogP contribution in [-0.4, -0.2) is 31.1 Å². The lowest BCUT2D eigenvalue weighted by Crippen LogP contribution is -2.50. The SMILES string of the molecule is CC(C)(N)C(=O)NCC1CCN(c2cccc(Br)c2)C1. The number of nitrogens with two attached hydrogens (primary N) is 1. The minimum atomic E-state index is -0.803.